The Morgan fingerprint density at radius 3 is 2.67 bits per heavy atom. The maximum Gasteiger partial charge on any atom is 0.243 e. The Balaban J connectivity index is 2.31. The fourth-order valence-electron chi connectivity index (χ4n) is 2.19. The lowest BCUT2D eigenvalue weighted by Gasteiger charge is -2.14. The van der Waals surface area contributed by atoms with Gasteiger partial charge in [-0.2, -0.15) is 5.10 Å². The predicted molar refractivity (Wildman–Crippen MR) is 79.8 cm³/mol. The van der Waals surface area contributed by atoms with E-state index in [4.69, 9.17) is 0 Å². The molecule has 1 aromatic heterocycles. The van der Waals surface area contributed by atoms with E-state index in [0.717, 1.165) is 11.4 Å². The first-order chi connectivity index (χ1) is 9.92. The minimum atomic E-state index is -0.376. The largest absolute Gasteiger partial charge is 0.346 e. The average molecular weight is 287 g/mol. The zero-order valence-corrected chi connectivity index (χ0v) is 12.4. The van der Waals surface area contributed by atoms with Crippen LogP contribution in [0, 0.1) is 19.7 Å². The Hall–Kier alpha value is -2.43. The number of nitrogens with zero attached hydrogens (tertiary/aromatic N) is 2. The van der Waals surface area contributed by atoms with Crippen LogP contribution in [0.15, 0.2) is 36.9 Å². The number of carbonyl (C=O) groups excluding carboxylic acids is 1. The molecule has 4 nitrogen and oxygen atoms in total. The van der Waals surface area contributed by atoms with E-state index in [1.165, 1.54) is 12.1 Å². The van der Waals surface area contributed by atoms with Crippen molar-refractivity contribution in [2.75, 3.05) is 0 Å². The molecular weight excluding hydrogens is 269 g/mol. The van der Waals surface area contributed by atoms with Crippen LogP contribution in [0.5, 0.6) is 0 Å². The second-order valence-electron chi connectivity index (χ2n) is 4.98. The van der Waals surface area contributed by atoms with Gasteiger partial charge in [0.2, 0.25) is 5.91 Å². The monoisotopic (exact) mass is 287 g/mol. The highest BCUT2D eigenvalue weighted by Crippen LogP contribution is 2.21. The number of rotatable bonds is 4. The second-order valence-corrected chi connectivity index (χ2v) is 4.98. The van der Waals surface area contributed by atoms with Crippen molar-refractivity contribution < 1.29 is 9.18 Å². The van der Waals surface area contributed by atoms with Gasteiger partial charge in [-0.1, -0.05) is 12.6 Å². The lowest BCUT2D eigenvalue weighted by Crippen LogP contribution is -2.24. The summed E-state index contributed by atoms with van der Waals surface area (Å²) in [6.07, 6.45) is 1.19. The van der Waals surface area contributed by atoms with Crippen LogP contribution >= 0.6 is 0 Å². The summed E-state index contributed by atoms with van der Waals surface area (Å²) in [5, 5.41) is 6.97. The summed E-state index contributed by atoms with van der Waals surface area (Å²) >= 11 is 0. The molecule has 2 aromatic rings. The predicted octanol–water partition coefficient (Wildman–Crippen LogP) is 2.99. The number of aromatic nitrogens is 2. The molecule has 0 aliphatic heterocycles. The van der Waals surface area contributed by atoms with Crippen molar-refractivity contribution in [3.63, 3.8) is 0 Å². The molecule has 0 radical (unpaired) electrons. The van der Waals surface area contributed by atoms with Crippen molar-refractivity contribution in [1.29, 1.82) is 0 Å². The van der Waals surface area contributed by atoms with Crippen LogP contribution in [0.25, 0.3) is 5.69 Å². The van der Waals surface area contributed by atoms with E-state index in [1.54, 1.807) is 23.7 Å². The van der Waals surface area contributed by atoms with E-state index >= 15 is 0 Å². The number of nitrogens with one attached hydrogen (secondary N) is 1. The van der Waals surface area contributed by atoms with E-state index in [0.29, 0.717) is 11.3 Å². The van der Waals surface area contributed by atoms with Gasteiger partial charge < -0.3 is 5.32 Å². The highest BCUT2D eigenvalue weighted by molar-refractivity contribution is 5.87. The van der Waals surface area contributed by atoms with E-state index in [2.05, 4.69) is 17.0 Å². The molecule has 0 saturated carbocycles. The van der Waals surface area contributed by atoms with Crippen LogP contribution in [-0.4, -0.2) is 15.7 Å². The van der Waals surface area contributed by atoms with E-state index in [1.807, 2.05) is 19.9 Å². The first kappa shape index (κ1) is 15.0. The molecule has 1 amide bonds. The quantitative estimate of drug-likeness (QED) is 0.879. The minimum Gasteiger partial charge on any atom is -0.346 e. The molecule has 0 bridgehead atoms. The Morgan fingerprint density at radius 1 is 1.43 bits per heavy atom. The van der Waals surface area contributed by atoms with Crippen LogP contribution in [-0.2, 0) is 4.79 Å². The molecule has 0 aliphatic carbocycles. The highest BCUT2D eigenvalue weighted by Gasteiger charge is 2.13. The number of hydrogen-bond donors (Lipinski definition) is 1. The van der Waals surface area contributed by atoms with Gasteiger partial charge in [0.15, 0.2) is 0 Å². The Labute approximate surface area is 123 Å². The van der Waals surface area contributed by atoms with Crippen molar-refractivity contribution in [2.45, 2.75) is 26.8 Å². The SMILES string of the molecule is C=CC(=O)NC(C)c1ccc(-n2nc(C)cc2C)c(F)c1. The van der Waals surface area contributed by atoms with Crippen LogP contribution < -0.4 is 5.32 Å². The first-order valence-electron chi connectivity index (χ1n) is 6.68. The Morgan fingerprint density at radius 2 is 2.14 bits per heavy atom. The number of benzene rings is 1. The summed E-state index contributed by atoms with van der Waals surface area (Å²) in [7, 11) is 0. The van der Waals surface area contributed by atoms with Crippen LogP contribution in [0.3, 0.4) is 0 Å². The van der Waals surface area contributed by atoms with Crippen LogP contribution in [0.1, 0.15) is 29.9 Å². The molecule has 21 heavy (non-hydrogen) atoms. The van der Waals surface area contributed by atoms with Gasteiger partial charge in [-0.15, -0.1) is 0 Å². The smallest absolute Gasteiger partial charge is 0.243 e. The molecule has 0 aliphatic rings. The zero-order valence-electron chi connectivity index (χ0n) is 12.4. The number of hydrogen-bond acceptors (Lipinski definition) is 2. The first-order valence-corrected chi connectivity index (χ1v) is 6.68. The molecule has 1 atom stereocenters. The molecule has 110 valence electrons. The Kier molecular flexibility index (Phi) is 4.21. The lowest BCUT2D eigenvalue weighted by atomic mass is 10.1. The third-order valence-corrected chi connectivity index (χ3v) is 3.25. The van der Waals surface area contributed by atoms with Crippen LogP contribution in [0.4, 0.5) is 4.39 Å². The summed E-state index contributed by atoms with van der Waals surface area (Å²) < 4.78 is 15.9. The van der Waals surface area contributed by atoms with Gasteiger partial charge in [0.1, 0.15) is 11.5 Å². The van der Waals surface area contributed by atoms with Gasteiger partial charge in [-0.3, -0.25) is 4.79 Å². The standard InChI is InChI=1S/C16H18FN3O/c1-5-16(21)18-12(4)13-6-7-15(14(17)9-13)20-11(3)8-10(2)19-20/h5-9,12H,1H2,2-4H3,(H,18,21). The van der Waals surface area contributed by atoms with Gasteiger partial charge in [0.25, 0.3) is 0 Å². The second kappa shape index (κ2) is 5.91. The molecule has 2 rings (SSSR count). The summed E-state index contributed by atoms with van der Waals surface area (Å²) in [6.45, 7) is 8.92. The molecule has 0 fully saturated rings. The van der Waals surface area contributed by atoms with E-state index < -0.39 is 0 Å². The van der Waals surface area contributed by atoms with Gasteiger partial charge in [0.05, 0.1) is 11.7 Å². The maximum absolute atomic E-state index is 14.3. The molecular formula is C16H18FN3O. The summed E-state index contributed by atoms with van der Waals surface area (Å²) in [6, 6.07) is 6.46. The van der Waals surface area contributed by atoms with Crippen LogP contribution in [0.2, 0.25) is 0 Å². The van der Waals surface area contributed by atoms with Crippen molar-refractivity contribution >= 4 is 5.91 Å². The normalized spacial score (nSPS) is 12.0. The van der Waals surface area contributed by atoms with Gasteiger partial charge in [-0.25, -0.2) is 9.07 Å². The number of halogens is 1. The van der Waals surface area contributed by atoms with Crippen molar-refractivity contribution in [1.82, 2.24) is 15.1 Å². The van der Waals surface area contributed by atoms with Crippen molar-refractivity contribution in [3.8, 4) is 5.69 Å². The lowest BCUT2D eigenvalue weighted by molar-refractivity contribution is -0.117. The van der Waals surface area contributed by atoms with Gasteiger partial charge in [0, 0.05) is 5.69 Å². The summed E-state index contributed by atoms with van der Waals surface area (Å²) in [5.41, 5.74) is 2.79. The molecule has 0 spiro atoms. The third-order valence-electron chi connectivity index (χ3n) is 3.25. The van der Waals surface area contributed by atoms with Crippen molar-refractivity contribution in [2.24, 2.45) is 0 Å². The zero-order chi connectivity index (χ0) is 15.6. The number of carbonyl (C=O) groups is 1. The fraction of sp³-hybridized carbons (Fsp3) is 0.250. The minimum absolute atomic E-state index is 0.287. The van der Waals surface area contributed by atoms with Gasteiger partial charge >= 0.3 is 0 Å². The summed E-state index contributed by atoms with van der Waals surface area (Å²) in [4.78, 5) is 11.3. The fourth-order valence-corrected chi connectivity index (χ4v) is 2.19. The van der Waals surface area contributed by atoms with Crippen molar-refractivity contribution in [3.05, 3.63) is 59.7 Å². The van der Waals surface area contributed by atoms with E-state index in [-0.39, 0.29) is 17.8 Å². The molecule has 1 heterocycles. The average Bonchev–Trinajstić information content (AvgIpc) is 2.77. The number of aryl methyl sites for hydroxylation is 2. The van der Waals surface area contributed by atoms with Gasteiger partial charge in [-0.05, 0) is 50.6 Å². The number of amides is 1. The Bertz CT molecular complexity index is 691. The molecule has 1 aromatic carbocycles. The topological polar surface area (TPSA) is 46.9 Å². The third kappa shape index (κ3) is 3.18. The maximum atomic E-state index is 14.3. The van der Waals surface area contributed by atoms with E-state index in [9.17, 15) is 9.18 Å². The summed E-state index contributed by atoms with van der Waals surface area (Å²) in [5.74, 6) is -0.663. The highest BCUT2D eigenvalue weighted by atomic mass is 19.1. The molecule has 1 N–H and O–H groups in total. The molecule has 1 unspecified atom stereocenters. The molecule has 5 heteroatoms. The molecule has 0 saturated heterocycles.